The van der Waals surface area contributed by atoms with Crippen molar-refractivity contribution in [3.05, 3.63) is 0 Å². The van der Waals surface area contributed by atoms with Crippen LogP contribution in [0.2, 0.25) is 0 Å². The third-order valence-electron chi connectivity index (χ3n) is 2.59. The van der Waals surface area contributed by atoms with Crippen molar-refractivity contribution in [3.8, 4) is 0 Å². The fraction of sp³-hybridized carbons (Fsp3) is 1.00. The Morgan fingerprint density at radius 2 is 1.50 bits per heavy atom. The minimum atomic E-state index is 0.238. The summed E-state index contributed by atoms with van der Waals surface area (Å²) in [5.41, 5.74) is 0.348. The van der Waals surface area contributed by atoms with Gasteiger partial charge in [0.2, 0.25) is 0 Å². The molecule has 3 heteroatoms. The predicted molar refractivity (Wildman–Crippen MR) is 57.5 cm³/mol. The van der Waals surface area contributed by atoms with E-state index in [1.54, 1.807) is 14.2 Å². The van der Waals surface area contributed by atoms with E-state index >= 15 is 0 Å². The first kappa shape index (κ1) is 12.0. The molecular formula is C11H23NO2. The Hall–Kier alpha value is -0.120. The van der Waals surface area contributed by atoms with Crippen molar-refractivity contribution < 1.29 is 9.47 Å². The summed E-state index contributed by atoms with van der Waals surface area (Å²) in [6.07, 6.45) is 0.477. The topological polar surface area (TPSA) is 21.7 Å². The van der Waals surface area contributed by atoms with Crippen molar-refractivity contribution >= 4 is 0 Å². The standard InChI is InChI=1S/C11H23NO2/c1-11(2,3)8-12-6-9(13-4)10(7-12)14-5/h9-10H,6-8H2,1-5H3/t9-,10+. The van der Waals surface area contributed by atoms with Gasteiger partial charge in [-0.15, -0.1) is 0 Å². The van der Waals surface area contributed by atoms with Gasteiger partial charge in [0, 0.05) is 33.9 Å². The summed E-state index contributed by atoms with van der Waals surface area (Å²) in [6, 6.07) is 0. The molecule has 2 atom stereocenters. The highest BCUT2D eigenvalue weighted by molar-refractivity contribution is 4.87. The monoisotopic (exact) mass is 201 g/mol. The summed E-state index contributed by atoms with van der Waals surface area (Å²) in [6.45, 7) is 9.87. The average Bonchev–Trinajstić information content (AvgIpc) is 2.43. The molecule has 0 aromatic carbocycles. The molecule has 0 aromatic rings. The molecule has 3 nitrogen and oxygen atoms in total. The molecule has 0 amide bonds. The molecule has 0 unspecified atom stereocenters. The largest absolute Gasteiger partial charge is 0.377 e. The quantitative estimate of drug-likeness (QED) is 0.688. The van der Waals surface area contributed by atoms with Crippen LogP contribution in [-0.2, 0) is 9.47 Å². The highest BCUT2D eigenvalue weighted by atomic mass is 16.5. The van der Waals surface area contributed by atoms with Crippen LogP contribution in [0.4, 0.5) is 0 Å². The minimum Gasteiger partial charge on any atom is -0.377 e. The molecule has 1 heterocycles. The second-order valence-electron chi connectivity index (χ2n) is 5.30. The number of rotatable bonds is 3. The molecule has 0 saturated carbocycles. The Balaban J connectivity index is 2.45. The molecule has 0 spiro atoms. The lowest BCUT2D eigenvalue weighted by molar-refractivity contribution is -0.00461. The Morgan fingerprint density at radius 1 is 1.07 bits per heavy atom. The number of methoxy groups -OCH3 is 2. The number of likely N-dealkylation sites (tertiary alicyclic amines) is 1. The maximum absolute atomic E-state index is 5.39. The summed E-state index contributed by atoms with van der Waals surface area (Å²) in [7, 11) is 3.52. The van der Waals surface area contributed by atoms with Crippen LogP contribution in [0.15, 0.2) is 0 Å². The van der Waals surface area contributed by atoms with Gasteiger partial charge >= 0.3 is 0 Å². The minimum absolute atomic E-state index is 0.238. The second kappa shape index (κ2) is 4.60. The molecule has 1 aliphatic rings. The first-order valence-electron chi connectivity index (χ1n) is 5.24. The van der Waals surface area contributed by atoms with E-state index in [9.17, 15) is 0 Å². The summed E-state index contributed by atoms with van der Waals surface area (Å²) < 4.78 is 10.8. The summed E-state index contributed by atoms with van der Waals surface area (Å²) in [4.78, 5) is 2.42. The van der Waals surface area contributed by atoms with Gasteiger partial charge in [0.15, 0.2) is 0 Å². The third-order valence-corrected chi connectivity index (χ3v) is 2.59. The van der Waals surface area contributed by atoms with E-state index in [1.165, 1.54) is 0 Å². The summed E-state index contributed by atoms with van der Waals surface area (Å²) in [5, 5.41) is 0. The van der Waals surface area contributed by atoms with Gasteiger partial charge < -0.3 is 9.47 Å². The Labute approximate surface area is 87.4 Å². The lowest BCUT2D eigenvalue weighted by Crippen LogP contribution is -2.31. The second-order valence-corrected chi connectivity index (χ2v) is 5.30. The third kappa shape index (κ3) is 3.23. The maximum Gasteiger partial charge on any atom is 0.0971 e. The van der Waals surface area contributed by atoms with E-state index in [0.717, 1.165) is 19.6 Å². The fourth-order valence-corrected chi connectivity index (χ4v) is 2.07. The highest BCUT2D eigenvalue weighted by Gasteiger charge is 2.34. The van der Waals surface area contributed by atoms with Gasteiger partial charge in [-0.3, -0.25) is 4.90 Å². The zero-order valence-corrected chi connectivity index (χ0v) is 10.0. The first-order chi connectivity index (χ1) is 6.46. The zero-order valence-electron chi connectivity index (χ0n) is 10.0. The average molecular weight is 201 g/mol. The fourth-order valence-electron chi connectivity index (χ4n) is 2.07. The van der Waals surface area contributed by atoms with Crippen LogP contribution in [0.1, 0.15) is 20.8 Å². The van der Waals surface area contributed by atoms with E-state index in [2.05, 4.69) is 25.7 Å². The molecule has 1 saturated heterocycles. The van der Waals surface area contributed by atoms with Gasteiger partial charge in [-0.25, -0.2) is 0 Å². The molecule has 14 heavy (non-hydrogen) atoms. The van der Waals surface area contributed by atoms with Crippen molar-refractivity contribution in [2.75, 3.05) is 33.9 Å². The molecule has 1 aliphatic heterocycles. The van der Waals surface area contributed by atoms with Crippen LogP contribution >= 0.6 is 0 Å². The van der Waals surface area contributed by atoms with Gasteiger partial charge in [-0.1, -0.05) is 20.8 Å². The highest BCUT2D eigenvalue weighted by Crippen LogP contribution is 2.21. The van der Waals surface area contributed by atoms with Gasteiger partial charge in [-0.05, 0) is 5.41 Å². The van der Waals surface area contributed by atoms with Crippen molar-refractivity contribution in [3.63, 3.8) is 0 Å². The van der Waals surface area contributed by atoms with Crippen molar-refractivity contribution in [2.24, 2.45) is 5.41 Å². The van der Waals surface area contributed by atoms with Crippen LogP contribution in [0.5, 0.6) is 0 Å². The Kier molecular flexibility index (Phi) is 3.93. The smallest absolute Gasteiger partial charge is 0.0971 e. The number of ether oxygens (including phenoxy) is 2. The molecule has 1 fully saturated rings. The number of hydrogen-bond acceptors (Lipinski definition) is 3. The van der Waals surface area contributed by atoms with Crippen molar-refractivity contribution in [2.45, 2.75) is 33.0 Å². The van der Waals surface area contributed by atoms with Crippen LogP contribution in [0.3, 0.4) is 0 Å². The lowest BCUT2D eigenvalue weighted by Gasteiger charge is -2.25. The normalized spacial score (nSPS) is 29.8. The molecule has 0 radical (unpaired) electrons. The van der Waals surface area contributed by atoms with Crippen molar-refractivity contribution in [1.29, 1.82) is 0 Å². The first-order valence-corrected chi connectivity index (χ1v) is 5.24. The Bertz CT molecular complexity index is 165. The van der Waals surface area contributed by atoms with E-state index in [4.69, 9.17) is 9.47 Å². The van der Waals surface area contributed by atoms with Gasteiger partial charge in [-0.2, -0.15) is 0 Å². The molecule has 0 N–H and O–H groups in total. The van der Waals surface area contributed by atoms with E-state index < -0.39 is 0 Å². The SMILES string of the molecule is CO[C@H]1CN(CC(C)(C)C)C[C@H]1OC. The van der Waals surface area contributed by atoms with Crippen LogP contribution < -0.4 is 0 Å². The van der Waals surface area contributed by atoms with Crippen LogP contribution in [-0.4, -0.2) is 51.0 Å². The van der Waals surface area contributed by atoms with E-state index in [0.29, 0.717) is 5.41 Å². The van der Waals surface area contributed by atoms with Crippen LogP contribution in [0, 0.1) is 5.41 Å². The molecule has 1 rings (SSSR count). The van der Waals surface area contributed by atoms with Crippen molar-refractivity contribution in [1.82, 2.24) is 4.90 Å². The predicted octanol–water partition coefficient (Wildman–Crippen LogP) is 1.38. The van der Waals surface area contributed by atoms with E-state index in [1.807, 2.05) is 0 Å². The number of hydrogen-bond donors (Lipinski definition) is 0. The van der Waals surface area contributed by atoms with Gasteiger partial charge in [0.25, 0.3) is 0 Å². The lowest BCUT2D eigenvalue weighted by atomic mass is 9.96. The summed E-state index contributed by atoms with van der Waals surface area (Å²) in [5.74, 6) is 0. The molecular weight excluding hydrogens is 178 g/mol. The maximum atomic E-state index is 5.39. The van der Waals surface area contributed by atoms with E-state index in [-0.39, 0.29) is 12.2 Å². The molecule has 0 bridgehead atoms. The molecule has 84 valence electrons. The van der Waals surface area contributed by atoms with Gasteiger partial charge in [0.1, 0.15) is 0 Å². The molecule has 0 aromatic heterocycles. The van der Waals surface area contributed by atoms with Crippen LogP contribution in [0.25, 0.3) is 0 Å². The number of nitrogens with zero attached hydrogens (tertiary/aromatic N) is 1. The van der Waals surface area contributed by atoms with Gasteiger partial charge in [0.05, 0.1) is 12.2 Å². The zero-order chi connectivity index (χ0) is 10.8. The molecule has 0 aliphatic carbocycles. The Morgan fingerprint density at radius 3 is 1.79 bits per heavy atom. The summed E-state index contributed by atoms with van der Waals surface area (Å²) >= 11 is 0.